The molecule has 0 amide bonds. The normalized spacial score (nSPS) is 11.4. The van der Waals surface area contributed by atoms with E-state index in [1.165, 1.54) is 29.1 Å². The third-order valence-corrected chi connectivity index (χ3v) is 2.69. The zero-order valence-electron chi connectivity index (χ0n) is 11.1. The second-order valence-electron chi connectivity index (χ2n) is 4.30. The van der Waals surface area contributed by atoms with E-state index in [1.807, 2.05) is 0 Å². The molecular formula is C13H12F2N4O2. The molecule has 0 aliphatic rings. The molecule has 2 aromatic rings. The minimum absolute atomic E-state index is 0.126. The standard InChI is InChI=1S/C13H12F2N4O2/c1-8-16-18-19(17-8)7-11-6-10(13(14)15)3-2-9(11)4-5-12(20)21/h2-6,13H,7H2,1H3,(H,20,21)/b5-4+. The lowest BCUT2D eigenvalue weighted by atomic mass is 10.0. The van der Waals surface area contributed by atoms with Gasteiger partial charge in [0.2, 0.25) is 0 Å². The largest absolute Gasteiger partial charge is 0.478 e. The van der Waals surface area contributed by atoms with Crippen molar-refractivity contribution in [3.63, 3.8) is 0 Å². The molecule has 0 spiro atoms. The molecule has 8 heteroatoms. The van der Waals surface area contributed by atoms with Gasteiger partial charge in [-0.2, -0.15) is 4.80 Å². The Labute approximate surface area is 118 Å². The van der Waals surface area contributed by atoms with E-state index in [0.717, 1.165) is 6.08 Å². The van der Waals surface area contributed by atoms with Crippen molar-refractivity contribution in [3.05, 3.63) is 46.8 Å². The fourth-order valence-corrected chi connectivity index (χ4v) is 1.76. The van der Waals surface area contributed by atoms with Crippen LogP contribution in [0, 0.1) is 6.92 Å². The van der Waals surface area contributed by atoms with Crippen LogP contribution < -0.4 is 0 Å². The Balaban J connectivity index is 2.37. The van der Waals surface area contributed by atoms with Gasteiger partial charge in [-0.15, -0.1) is 10.2 Å². The summed E-state index contributed by atoms with van der Waals surface area (Å²) in [6.07, 6.45) is -0.316. The van der Waals surface area contributed by atoms with Crippen LogP contribution in [-0.4, -0.2) is 31.3 Å². The first-order valence-corrected chi connectivity index (χ1v) is 6.02. The number of alkyl halides is 2. The van der Waals surface area contributed by atoms with Crippen LogP contribution in [-0.2, 0) is 11.3 Å². The molecule has 6 nitrogen and oxygen atoms in total. The summed E-state index contributed by atoms with van der Waals surface area (Å²) in [4.78, 5) is 11.8. The van der Waals surface area contributed by atoms with Gasteiger partial charge in [0.1, 0.15) is 0 Å². The third-order valence-electron chi connectivity index (χ3n) is 2.69. The molecule has 2 rings (SSSR count). The Morgan fingerprint density at radius 2 is 2.24 bits per heavy atom. The van der Waals surface area contributed by atoms with Crippen molar-refractivity contribution in [2.45, 2.75) is 19.9 Å². The lowest BCUT2D eigenvalue weighted by Gasteiger charge is -2.08. The number of aliphatic carboxylic acids is 1. The van der Waals surface area contributed by atoms with Crippen LogP contribution in [0.5, 0.6) is 0 Å². The Bertz CT molecular complexity index is 683. The van der Waals surface area contributed by atoms with Gasteiger partial charge in [-0.3, -0.25) is 0 Å². The average Bonchev–Trinajstić information content (AvgIpc) is 2.82. The molecule has 0 atom stereocenters. The van der Waals surface area contributed by atoms with Gasteiger partial charge in [0, 0.05) is 11.6 Å². The molecule has 0 fully saturated rings. The Morgan fingerprint density at radius 1 is 1.48 bits per heavy atom. The van der Waals surface area contributed by atoms with Crippen LogP contribution in [0.2, 0.25) is 0 Å². The highest BCUT2D eigenvalue weighted by Gasteiger charge is 2.11. The summed E-state index contributed by atoms with van der Waals surface area (Å²) in [6, 6.07) is 4.01. The van der Waals surface area contributed by atoms with Gasteiger partial charge in [-0.1, -0.05) is 12.1 Å². The zero-order valence-corrected chi connectivity index (χ0v) is 11.1. The molecule has 1 aromatic heterocycles. The van der Waals surface area contributed by atoms with Gasteiger partial charge in [-0.25, -0.2) is 13.6 Å². The van der Waals surface area contributed by atoms with Gasteiger partial charge >= 0.3 is 5.97 Å². The van der Waals surface area contributed by atoms with Crippen LogP contribution in [0.3, 0.4) is 0 Å². The number of nitrogens with zero attached hydrogens (tertiary/aromatic N) is 4. The van der Waals surface area contributed by atoms with Crippen LogP contribution in [0.1, 0.15) is 28.9 Å². The Morgan fingerprint density at radius 3 is 2.81 bits per heavy atom. The molecule has 0 unspecified atom stereocenters. The highest BCUT2D eigenvalue weighted by atomic mass is 19.3. The lowest BCUT2D eigenvalue weighted by molar-refractivity contribution is -0.131. The summed E-state index contributed by atoms with van der Waals surface area (Å²) in [5.41, 5.74) is 0.855. The number of rotatable bonds is 5. The fraction of sp³-hybridized carbons (Fsp3) is 0.231. The first-order chi connectivity index (χ1) is 9.95. The number of carboxylic acid groups (broad SMARTS) is 1. The number of halogens is 2. The van der Waals surface area contributed by atoms with E-state index in [1.54, 1.807) is 6.92 Å². The van der Waals surface area contributed by atoms with E-state index in [0.29, 0.717) is 17.0 Å². The number of aryl methyl sites for hydroxylation is 1. The number of carbonyl (C=O) groups is 1. The van der Waals surface area contributed by atoms with Crippen molar-refractivity contribution in [3.8, 4) is 0 Å². The molecule has 110 valence electrons. The maximum atomic E-state index is 12.8. The number of carboxylic acids is 1. The van der Waals surface area contributed by atoms with Crippen molar-refractivity contribution in [2.24, 2.45) is 0 Å². The number of hydrogen-bond acceptors (Lipinski definition) is 4. The van der Waals surface area contributed by atoms with Gasteiger partial charge in [-0.05, 0) is 35.4 Å². The first kappa shape index (κ1) is 14.8. The quantitative estimate of drug-likeness (QED) is 0.854. The summed E-state index contributed by atoms with van der Waals surface area (Å²) in [5.74, 6) is -0.656. The highest BCUT2D eigenvalue weighted by molar-refractivity contribution is 5.85. The van der Waals surface area contributed by atoms with Crippen LogP contribution in [0.4, 0.5) is 8.78 Å². The van der Waals surface area contributed by atoms with Gasteiger partial charge in [0.15, 0.2) is 5.82 Å². The van der Waals surface area contributed by atoms with E-state index in [-0.39, 0.29) is 12.1 Å². The van der Waals surface area contributed by atoms with E-state index < -0.39 is 12.4 Å². The molecule has 0 bridgehead atoms. The predicted octanol–water partition coefficient (Wildman–Crippen LogP) is 2.07. The number of tetrazole rings is 1. The summed E-state index contributed by atoms with van der Waals surface area (Å²) >= 11 is 0. The molecular weight excluding hydrogens is 282 g/mol. The average molecular weight is 294 g/mol. The third kappa shape index (κ3) is 3.91. The topological polar surface area (TPSA) is 80.9 Å². The molecule has 0 saturated heterocycles. The molecule has 0 radical (unpaired) electrons. The van der Waals surface area contributed by atoms with E-state index in [4.69, 9.17) is 5.11 Å². The molecule has 1 heterocycles. The number of hydrogen-bond donors (Lipinski definition) is 1. The lowest BCUT2D eigenvalue weighted by Crippen LogP contribution is -2.06. The van der Waals surface area contributed by atoms with Crippen molar-refractivity contribution in [1.82, 2.24) is 20.2 Å². The first-order valence-electron chi connectivity index (χ1n) is 6.02. The maximum absolute atomic E-state index is 12.8. The summed E-state index contributed by atoms with van der Waals surface area (Å²) in [5, 5.41) is 20.1. The molecule has 0 saturated carbocycles. The van der Waals surface area contributed by atoms with Gasteiger partial charge < -0.3 is 5.11 Å². The molecule has 21 heavy (non-hydrogen) atoms. The Hall–Kier alpha value is -2.64. The van der Waals surface area contributed by atoms with Crippen molar-refractivity contribution < 1.29 is 18.7 Å². The summed E-state index contributed by atoms with van der Waals surface area (Å²) in [7, 11) is 0. The number of benzene rings is 1. The molecule has 0 aliphatic heterocycles. The summed E-state index contributed by atoms with van der Waals surface area (Å²) < 4.78 is 25.5. The van der Waals surface area contributed by atoms with E-state index in [2.05, 4.69) is 15.4 Å². The smallest absolute Gasteiger partial charge is 0.328 e. The molecule has 0 aliphatic carbocycles. The van der Waals surface area contributed by atoms with Crippen molar-refractivity contribution in [1.29, 1.82) is 0 Å². The van der Waals surface area contributed by atoms with Crippen LogP contribution in [0.25, 0.3) is 6.08 Å². The maximum Gasteiger partial charge on any atom is 0.328 e. The minimum atomic E-state index is -2.60. The highest BCUT2D eigenvalue weighted by Crippen LogP contribution is 2.23. The number of aromatic nitrogens is 4. The van der Waals surface area contributed by atoms with E-state index >= 15 is 0 Å². The zero-order chi connectivity index (χ0) is 15.4. The fourth-order valence-electron chi connectivity index (χ4n) is 1.76. The van der Waals surface area contributed by atoms with Crippen LogP contribution >= 0.6 is 0 Å². The molecule has 1 aromatic carbocycles. The predicted molar refractivity (Wildman–Crippen MR) is 69.7 cm³/mol. The van der Waals surface area contributed by atoms with Crippen molar-refractivity contribution in [2.75, 3.05) is 0 Å². The second kappa shape index (κ2) is 6.21. The second-order valence-corrected chi connectivity index (χ2v) is 4.30. The van der Waals surface area contributed by atoms with E-state index in [9.17, 15) is 13.6 Å². The molecule has 1 N–H and O–H groups in total. The van der Waals surface area contributed by atoms with Crippen LogP contribution in [0.15, 0.2) is 24.3 Å². The SMILES string of the molecule is Cc1nnn(Cc2cc(C(F)F)ccc2/C=C/C(=O)O)n1. The van der Waals surface area contributed by atoms with Gasteiger partial charge in [0.25, 0.3) is 6.43 Å². The van der Waals surface area contributed by atoms with Gasteiger partial charge in [0.05, 0.1) is 6.54 Å². The summed E-state index contributed by atoms with van der Waals surface area (Å²) in [6.45, 7) is 1.78. The monoisotopic (exact) mass is 294 g/mol. The Kier molecular flexibility index (Phi) is 4.36. The minimum Gasteiger partial charge on any atom is -0.478 e. The van der Waals surface area contributed by atoms with Crippen molar-refractivity contribution >= 4 is 12.0 Å².